The van der Waals surface area contributed by atoms with Gasteiger partial charge in [0.05, 0.1) is 13.7 Å². The van der Waals surface area contributed by atoms with E-state index in [0.29, 0.717) is 12.4 Å². The Kier molecular flexibility index (Phi) is 5.54. The molecule has 0 saturated carbocycles. The van der Waals surface area contributed by atoms with Crippen LogP contribution in [0.15, 0.2) is 42.6 Å². The van der Waals surface area contributed by atoms with E-state index in [1.54, 1.807) is 40.1 Å². The van der Waals surface area contributed by atoms with E-state index in [1.165, 1.54) is 4.90 Å². The summed E-state index contributed by atoms with van der Waals surface area (Å²) < 4.78 is 12.8. The van der Waals surface area contributed by atoms with Crippen LogP contribution < -0.4 is 4.74 Å². The van der Waals surface area contributed by atoms with Crippen molar-refractivity contribution in [2.45, 2.75) is 51.9 Å². The number of methoxy groups -OCH3 is 1. The van der Waals surface area contributed by atoms with Crippen LogP contribution in [0, 0.1) is 0 Å². The Balaban J connectivity index is 1.78. The first-order valence-corrected chi connectivity index (χ1v) is 10.5. The second kappa shape index (κ2) is 8.18. The molecule has 3 heterocycles. The minimum atomic E-state index is -1.04. The molecule has 0 radical (unpaired) electrons. The average molecular weight is 437 g/mol. The zero-order valence-corrected chi connectivity index (χ0v) is 18.7. The lowest BCUT2D eigenvalue weighted by molar-refractivity contribution is -0.143. The minimum Gasteiger partial charge on any atom is -0.481 e. The number of nitrogens with zero attached hydrogens (tertiary/aromatic N) is 3. The van der Waals surface area contributed by atoms with Crippen LogP contribution in [0.1, 0.15) is 37.6 Å². The van der Waals surface area contributed by atoms with Gasteiger partial charge in [0, 0.05) is 41.8 Å². The number of fused-ring (bicyclic) bond motifs is 3. The number of benzene rings is 1. The van der Waals surface area contributed by atoms with Crippen molar-refractivity contribution in [3.63, 3.8) is 0 Å². The molecule has 0 saturated heterocycles. The second-order valence-corrected chi connectivity index (χ2v) is 8.90. The van der Waals surface area contributed by atoms with Gasteiger partial charge in [0.15, 0.2) is 0 Å². The van der Waals surface area contributed by atoms with Gasteiger partial charge in [-0.25, -0.2) is 14.6 Å². The highest BCUT2D eigenvalue weighted by Gasteiger charge is 2.39. The molecule has 1 aliphatic heterocycles. The van der Waals surface area contributed by atoms with Gasteiger partial charge in [-0.2, -0.15) is 0 Å². The van der Waals surface area contributed by atoms with Crippen molar-refractivity contribution < 1.29 is 24.2 Å². The molecule has 4 rings (SSSR count). The fourth-order valence-electron chi connectivity index (χ4n) is 4.13. The van der Waals surface area contributed by atoms with E-state index in [0.717, 1.165) is 27.7 Å². The van der Waals surface area contributed by atoms with E-state index in [9.17, 15) is 14.7 Å². The Morgan fingerprint density at radius 1 is 1.19 bits per heavy atom. The zero-order chi connectivity index (χ0) is 23.0. The topological polar surface area (TPSA) is 93.9 Å². The largest absolute Gasteiger partial charge is 0.481 e. The van der Waals surface area contributed by atoms with Crippen molar-refractivity contribution in [1.82, 2.24) is 14.5 Å². The Morgan fingerprint density at radius 2 is 1.94 bits per heavy atom. The summed E-state index contributed by atoms with van der Waals surface area (Å²) in [5.74, 6) is -0.508. The molecule has 1 N–H and O–H groups in total. The molecule has 3 aromatic rings. The van der Waals surface area contributed by atoms with E-state index in [1.807, 2.05) is 30.3 Å². The Bertz CT molecular complexity index is 1160. The normalized spacial score (nSPS) is 16.0. The number of carboxylic acids is 1. The van der Waals surface area contributed by atoms with Crippen LogP contribution in [0.4, 0.5) is 4.79 Å². The summed E-state index contributed by atoms with van der Waals surface area (Å²) in [4.78, 5) is 30.6. The number of carbonyl (C=O) groups is 2. The molecular weight excluding hydrogens is 410 g/mol. The van der Waals surface area contributed by atoms with Crippen molar-refractivity contribution in [2.24, 2.45) is 0 Å². The molecule has 0 spiro atoms. The van der Waals surface area contributed by atoms with E-state index in [2.05, 4.69) is 9.55 Å². The lowest BCUT2D eigenvalue weighted by Gasteiger charge is -2.35. The van der Waals surface area contributed by atoms with Crippen LogP contribution in [0.3, 0.4) is 0 Å². The van der Waals surface area contributed by atoms with Gasteiger partial charge in [0.25, 0.3) is 0 Å². The van der Waals surface area contributed by atoms with Gasteiger partial charge >= 0.3 is 12.1 Å². The third kappa shape index (κ3) is 4.12. The highest BCUT2D eigenvalue weighted by molar-refractivity contribution is 5.89. The molecule has 1 atom stereocenters. The first kappa shape index (κ1) is 21.7. The molecule has 8 nitrogen and oxygen atoms in total. The maximum atomic E-state index is 12.9. The number of hydrogen-bond acceptors (Lipinski definition) is 5. The lowest BCUT2D eigenvalue weighted by atomic mass is 9.97. The molecule has 0 aliphatic carbocycles. The van der Waals surface area contributed by atoms with Gasteiger partial charge in [-0.3, -0.25) is 4.90 Å². The first-order valence-electron chi connectivity index (χ1n) is 10.5. The number of carbonyl (C=O) groups excluding carboxylic acids is 1. The maximum absolute atomic E-state index is 12.9. The number of ether oxygens (including phenoxy) is 2. The standard InChI is InChI=1S/C24H27N3O5/c1-24(2,3)32-23(30)27-14-20-17(11-19(27)22(28)29)16-7-5-6-8-18(16)26(20)13-15-9-10-21(31-4)25-12-15/h5-10,12,19H,11,13-14H2,1-4H3,(H,28,29). The van der Waals surface area contributed by atoms with Crippen molar-refractivity contribution in [3.05, 3.63) is 59.4 Å². The molecule has 1 amide bonds. The summed E-state index contributed by atoms with van der Waals surface area (Å²) in [6.07, 6.45) is 1.35. The maximum Gasteiger partial charge on any atom is 0.411 e. The van der Waals surface area contributed by atoms with Crippen LogP contribution in [0.5, 0.6) is 5.88 Å². The third-order valence-electron chi connectivity index (χ3n) is 5.55. The van der Waals surface area contributed by atoms with Crippen LogP contribution in [-0.2, 0) is 29.0 Å². The quantitative estimate of drug-likeness (QED) is 0.667. The number of amides is 1. The minimum absolute atomic E-state index is 0.152. The monoisotopic (exact) mass is 437 g/mol. The molecule has 1 aromatic carbocycles. The SMILES string of the molecule is COc1ccc(Cn2c3c(c4ccccc42)CC(C(=O)O)N(C(=O)OC(C)(C)C)C3)cn1. The fourth-order valence-corrected chi connectivity index (χ4v) is 4.13. The lowest BCUT2D eigenvalue weighted by Crippen LogP contribution is -2.50. The van der Waals surface area contributed by atoms with Crippen molar-refractivity contribution in [3.8, 4) is 5.88 Å². The Morgan fingerprint density at radius 3 is 2.56 bits per heavy atom. The summed E-state index contributed by atoms with van der Waals surface area (Å²) in [5, 5.41) is 10.9. The summed E-state index contributed by atoms with van der Waals surface area (Å²) >= 11 is 0. The summed E-state index contributed by atoms with van der Waals surface area (Å²) in [6.45, 7) is 5.99. The van der Waals surface area contributed by atoms with E-state index < -0.39 is 23.7 Å². The molecule has 168 valence electrons. The van der Waals surface area contributed by atoms with Gasteiger partial charge < -0.3 is 19.1 Å². The van der Waals surface area contributed by atoms with Crippen LogP contribution >= 0.6 is 0 Å². The highest BCUT2D eigenvalue weighted by Crippen LogP contribution is 2.34. The summed E-state index contributed by atoms with van der Waals surface area (Å²) in [7, 11) is 1.57. The molecule has 32 heavy (non-hydrogen) atoms. The molecule has 1 aliphatic rings. The number of carboxylic acid groups (broad SMARTS) is 1. The number of hydrogen-bond donors (Lipinski definition) is 1. The number of para-hydroxylation sites is 1. The van der Waals surface area contributed by atoms with E-state index in [4.69, 9.17) is 9.47 Å². The number of aromatic nitrogens is 2. The second-order valence-electron chi connectivity index (χ2n) is 8.90. The predicted octanol–water partition coefficient (Wildman–Crippen LogP) is 3.84. The van der Waals surface area contributed by atoms with Gasteiger partial charge in [-0.1, -0.05) is 24.3 Å². The molecule has 2 aromatic heterocycles. The van der Waals surface area contributed by atoms with Gasteiger partial charge in [-0.05, 0) is 38.0 Å². The predicted molar refractivity (Wildman–Crippen MR) is 119 cm³/mol. The molecule has 8 heteroatoms. The highest BCUT2D eigenvalue weighted by atomic mass is 16.6. The third-order valence-corrected chi connectivity index (χ3v) is 5.55. The Hall–Kier alpha value is -3.55. The van der Waals surface area contributed by atoms with Gasteiger partial charge in [0.2, 0.25) is 5.88 Å². The summed E-state index contributed by atoms with van der Waals surface area (Å²) in [6, 6.07) is 10.7. The van der Waals surface area contributed by atoms with Crippen LogP contribution in [0.2, 0.25) is 0 Å². The van der Waals surface area contributed by atoms with Gasteiger partial charge in [-0.15, -0.1) is 0 Å². The molecule has 0 bridgehead atoms. The number of pyridine rings is 1. The molecule has 1 unspecified atom stereocenters. The fraction of sp³-hybridized carbons (Fsp3) is 0.375. The average Bonchev–Trinajstić information content (AvgIpc) is 3.05. The first-order chi connectivity index (χ1) is 15.2. The smallest absolute Gasteiger partial charge is 0.411 e. The van der Waals surface area contributed by atoms with Crippen molar-refractivity contribution in [2.75, 3.05) is 7.11 Å². The Labute approximate surface area is 186 Å². The van der Waals surface area contributed by atoms with Gasteiger partial charge in [0.1, 0.15) is 11.6 Å². The van der Waals surface area contributed by atoms with E-state index in [-0.39, 0.29) is 13.0 Å². The van der Waals surface area contributed by atoms with Crippen LogP contribution in [0.25, 0.3) is 10.9 Å². The van der Waals surface area contributed by atoms with E-state index >= 15 is 0 Å². The molecular formula is C24H27N3O5. The van der Waals surface area contributed by atoms with Crippen molar-refractivity contribution in [1.29, 1.82) is 0 Å². The van der Waals surface area contributed by atoms with Crippen LogP contribution in [-0.4, -0.2) is 50.4 Å². The number of rotatable bonds is 4. The number of aliphatic carboxylic acids is 1. The molecule has 0 fully saturated rings. The zero-order valence-electron chi connectivity index (χ0n) is 18.7. The summed E-state index contributed by atoms with van der Waals surface area (Å²) in [5.41, 5.74) is 3.10. The van der Waals surface area contributed by atoms with Crippen molar-refractivity contribution >= 4 is 23.0 Å².